The summed E-state index contributed by atoms with van der Waals surface area (Å²) in [6.45, 7) is 30.6. The van der Waals surface area contributed by atoms with Crippen LogP contribution in [0.4, 0.5) is 0 Å². The fourth-order valence-corrected chi connectivity index (χ4v) is 12.3. The van der Waals surface area contributed by atoms with Crippen LogP contribution in [0.25, 0.3) is 0 Å². The van der Waals surface area contributed by atoms with Crippen LogP contribution in [0.2, 0.25) is 0 Å². The van der Waals surface area contributed by atoms with Gasteiger partial charge < -0.3 is 24.6 Å². The number of ether oxygens (including phenoxy) is 3. The molecule has 4 fully saturated rings. The van der Waals surface area contributed by atoms with Gasteiger partial charge in [-0.3, -0.25) is 4.79 Å². The van der Waals surface area contributed by atoms with Crippen molar-refractivity contribution in [1.82, 2.24) is 5.32 Å². The van der Waals surface area contributed by atoms with Crippen molar-refractivity contribution < 1.29 is 24.1 Å². The van der Waals surface area contributed by atoms with Crippen molar-refractivity contribution in [3.05, 3.63) is 11.6 Å². The van der Waals surface area contributed by atoms with Gasteiger partial charge in [0, 0.05) is 23.5 Å². The molecule has 46 heavy (non-hydrogen) atoms. The summed E-state index contributed by atoms with van der Waals surface area (Å²) in [5.41, 5.74) is 0.525. The number of hydrogen-bond acceptors (Lipinski definition) is 5. The molecule has 5 aliphatic rings. The SMILES string of the molecule is CCN[C@@](C)(CO[C@H]1[C@H](OC)C[C@@]23COC[C@@]1(C)[C@@H]2CC[C@H]1C3=CC[C@@]2(C)[C@H](C(=O)O)[C@@](C)([C@H](C)C(C)C)CC[C@]12C)C(C)(C)C. The van der Waals surface area contributed by atoms with Crippen molar-refractivity contribution in [2.24, 2.45) is 62.1 Å². The molecule has 6 heteroatoms. The Hall–Kier alpha value is -0.950. The number of carboxylic acid groups (broad SMARTS) is 1. The van der Waals surface area contributed by atoms with Gasteiger partial charge in [0.15, 0.2) is 0 Å². The van der Waals surface area contributed by atoms with E-state index >= 15 is 0 Å². The Morgan fingerprint density at radius 1 is 1.07 bits per heavy atom. The van der Waals surface area contributed by atoms with Gasteiger partial charge in [0.25, 0.3) is 0 Å². The van der Waals surface area contributed by atoms with Gasteiger partial charge in [-0.05, 0) is 97.3 Å². The highest BCUT2D eigenvalue weighted by atomic mass is 16.5. The van der Waals surface area contributed by atoms with Crippen LogP contribution < -0.4 is 5.32 Å². The van der Waals surface area contributed by atoms with Crippen LogP contribution in [0.3, 0.4) is 0 Å². The third-order valence-electron chi connectivity index (χ3n) is 16.1. The summed E-state index contributed by atoms with van der Waals surface area (Å²) >= 11 is 0. The number of fused-ring (bicyclic) bond motifs is 3. The Bertz CT molecular complexity index is 1190. The van der Waals surface area contributed by atoms with Gasteiger partial charge in [-0.2, -0.15) is 0 Å². The topological polar surface area (TPSA) is 77.0 Å². The molecule has 0 unspecified atom stereocenters. The molecule has 1 aliphatic heterocycles. The molecule has 0 aromatic heterocycles. The third kappa shape index (κ3) is 4.95. The normalized spacial score (nSPS) is 46.0. The number of carbonyl (C=O) groups is 1. The largest absolute Gasteiger partial charge is 0.481 e. The highest BCUT2D eigenvalue weighted by Gasteiger charge is 2.71. The first kappa shape index (κ1) is 36.3. The summed E-state index contributed by atoms with van der Waals surface area (Å²) in [6, 6.07) is 0. The maximum absolute atomic E-state index is 13.4. The van der Waals surface area contributed by atoms with E-state index in [4.69, 9.17) is 14.2 Å². The number of carboxylic acids is 1. The molecule has 0 aromatic carbocycles. The van der Waals surface area contributed by atoms with E-state index < -0.39 is 5.97 Å². The highest BCUT2D eigenvalue weighted by molar-refractivity contribution is 5.73. The lowest BCUT2D eigenvalue weighted by molar-refractivity contribution is -0.271. The average molecular weight is 644 g/mol. The minimum atomic E-state index is -0.599. The molecule has 0 aromatic rings. The maximum atomic E-state index is 13.4. The van der Waals surface area contributed by atoms with Crippen LogP contribution in [0, 0.1) is 62.1 Å². The van der Waals surface area contributed by atoms with Crippen LogP contribution >= 0.6 is 0 Å². The summed E-state index contributed by atoms with van der Waals surface area (Å²) in [7, 11) is 1.87. The Balaban J connectivity index is 1.53. The molecule has 12 atom stereocenters. The molecule has 0 radical (unpaired) electrons. The molecule has 1 saturated heterocycles. The summed E-state index contributed by atoms with van der Waals surface area (Å²) in [6.07, 6.45) is 8.48. The van der Waals surface area contributed by atoms with Gasteiger partial charge in [-0.25, -0.2) is 0 Å². The first-order valence-corrected chi connectivity index (χ1v) is 18.6. The van der Waals surface area contributed by atoms with Gasteiger partial charge in [0.1, 0.15) is 0 Å². The van der Waals surface area contributed by atoms with Crippen LogP contribution in [-0.4, -0.2) is 62.3 Å². The lowest BCUT2D eigenvalue weighted by atomic mass is 9.34. The third-order valence-corrected chi connectivity index (χ3v) is 16.1. The summed E-state index contributed by atoms with van der Waals surface area (Å²) in [5, 5.41) is 14.7. The van der Waals surface area contributed by atoms with Crippen molar-refractivity contribution in [2.45, 2.75) is 139 Å². The molecule has 0 amide bonds. The Morgan fingerprint density at radius 2 is 1.74 bits per heavy atom. The number of hydrogen-bond donors (Lipinski definition) is 2. The molecule has 264 valence electrons. The minimum Gasteiger partial charge on any atom is -0.481 e. The van der Waals surface area contributed by atoms with Gasteiger partial charge in [-0.1, -0.05) is 87.8 Å². The Labute approximate surface area is 281 Å². The molecule has 2 bridgehead atoms. The second-order valence-corrected chi connectivity index (χ2v) is 19.2. The van der Waals surface area contributed by atoms with Crippen LogP contribution in [0.5, 0.6) is 0 Å². The van der Waals surface area contributed by atoms with Gasteiger partial charge in [-0.15, -0.1) is 0 Å². The molecule has 5 rings (SSSR count). The number of nitrogens with one attached hydrogen (secondary N) is 1. The monoisotopic (exact) mass is 644 g/mol. The minimum absolute atomic E-state index is 0.0231. The number of methoxy groups -OCH3 is 1. The number of aliphatic carboxylic acids is 1. The maximum Gasteiger partial charge on any atom is 0.307 e. The second kappa shape index (κ2) is 11.8. The van der Waals surface area contributed by atoms with E-state index in [1.807, 2.05) is 7.11 Å². The first-order valence-electron chi connectivity index (χ1n) is 18.6. The van der Waals surface area contributed by atoms with E-state index in [0.29, 0.717) is 36.9 Å². The summed E-state index contributed by atoms with van der Waals surface area (Å²) in [4.78, 5) is 13.4. The standard InChI is InChI=1S/C40H69NO5/c1-14-41-39(12,34(5,6)7)23-46-32-29(44-13)21-40-24-45-22-36(32,9)30(40)16-15-27-28(40)17-18-38(11)31(33(42)43)35(8,26(4)25(2)3)19-20-37(27,38)10/h17,25-27,29-32,41H,14-16,18-24H2,1-13H3,(H,42,43)/t26-,27+,29-,30+,31-,32+,35-,36+,37-,38+,39+,40+/m1/s1. The van der Waals surface area contributed by atoms with E-state index in [9.17, 15) is 9.90 Å². The van der Waals surface area contributed by atoms with E-state index in [-0.39, 0.29) is 56.2 Å². The number of rotatable bonds is 9. The Morgan fingerprint density at radius 3 is 2.30 bits per heavy atom. The molecule has 3 saturated carbocycles. The molecule has 1 heterocycles. The lowest BCUT2D eigenvalue weighted by Gasteiger charge is -2.71. The molecule has 0 spiro atoms. The molecule has 2 N–H and O–H groups in total. The predicted octanol–water partition coefficient (Wildman–Crippen LogP) is 8.39. The first-order chi connectivity index (χ1) is 21.2. The van der Waals surface area contributed by atoms with Crippen LogP contribution in [0.15, 0.2) is 11.6 Å². The zero-order chi connectivity index (χ0) is 34.3. The van der Waals surface area contributed by atoms with Gasteiger partial charge in [0.05, 0.1) is 37.9 Å². The van der Waals surface area contributed by atoms with E-state index in [1.165, 1.54) is 0 Å². The molecule has 6 nitrogen and oxygen atoms in total. The lowest BCUT2D eigenvalue weighted by Crippen LogP contribution is -2.70. The van der Waals surface area contributed by atoms with Crippen molar-refractivity contribution >= 4 is 5.97 Å². The second-order valence-electron chi connectivity index (χ2n) is 19.2. The Kier molecular flexibility index (Phi) is 9.35. The van der Waals surface area contributed by atoms with Crippen molar-refractivity contribution in [3.8, 4) is 0 Å². The highest BCUT2D eigenvalue weighted by Crippen LogP contribution is 2.75. The van der Waals surface area contributed by atoms with Crippen molar-refractivity contribution in [1.29, 1.82) is 0 Å². The fraction of sp³-hybridized carbons (Fsp3) is 0.925. The van der Waals surface area contributed by atoms with E-state index in [2.05, 4.69) is 94.5 Å². The molecule has 4 aliphatic carbocycles. The zero-order valence-corrected chi connectivity index (χ0v) is 31.8. The summed E-state index contributed by atoms with van der Waals surface area (Å²) in [5.74, 6) is 0.628. The van der Waals surface area contributed by atoms with Crippen LogP contribution in [-0.2, 0) is 19.0 Å². The number of allylic oxidation sites excluding steroid dienone is 1. The van der Waals surface area contributed by atoms with E-state index in [1.54, 1.807) is 5.57 Å². The van der Waals surface area contributed by atoms with E-state index in [0.717, 1.165) is 51.7 Å². The van der Waals surface area contributed by atoms with Crippen molar-refractivity contribution in [3.63, 3.8) is 0 Å². The zero-order valence-electron chi connectivity index (χ0n) is 31.8. The average Bonchev–Trinajstić information content (AvgIpc) is 2.95. The van der Waals surface area contributed by atoms with Crippen LogP contribution in [0.1, 0.15) is 122 Å². The molecular weight excluding hydrogens is 574 g/mol. The summed E-state index contributed by atoms with van der Waals surface area (Å²) < 4.78 is 20.2. The van der Waals surface area contributed by atoms with Gasteiger partial charge >= 0.3 is 5.97 Å². The number of likely N-dealkylation sites (N-methyl/N-ethyl adjacent to an activating group) is 1. The van der Waals surface area contributed by atoms with Crippen molar-refractivity contribution in [2.75, 3.05) is 33.5 Å². The smallest absolute Gasteiger partial charge is 0.307 e. The quantitative estimate of drug-likeness (QED) is 0.246. The molecular formula is C40H69NO5. The van der Waals surface area contributed by atoms with Gasteiger partial charge in [0.2, 0.25) is 0 Å². The predicted molar refractivity (Wildman–Crippen MR) is 186 cm³/mol. The fourth-order valence-electron chi connectivity index (χ4n) is 12.3.